The van der Waals surface area contributed by atoms with Crippen LogP contribution in [0.3, 0.4) is 0 Å². The van der Waals surface area contributed by atoms with E-state index in [4.69, 9.17) is 9.47 Å². The van der Waals surface area contributed by atoms with Gasteiger partial charge in [0.25, 0.3) is 0 Å². The fourth-order valence-corrected chi connectivity index (χ4v) is 3.73. The first-order valence-electron chi connectivity index (χ1n) is 6.66. The molecule has 1 aromatic rings. The monoisotopic (exact) mass is 280 g/mol. The summed E-state index contributed by atoms with van der Waals surface area (Å²) in [7, 11) is 0. The molecule has 1 saturated heterocycles. The van der Waals surface area contributed by atoms with Crippen LogP contribution in [0.1, 0.15) is 46.3 Å². The molecule has 1 aromatic heterocycles. The lowest BCUT2D eigenvalue weighted by atomic mass is 9.99. The van der Waals surface area contributed by atoms with E-state index in [0.29, 0.717) is 11.3 Å². The van der Waals surface area contributed by atoms with Crippen LogP contribution in [-0.2, 0) is 27.1 Å². The summed E-state index contributed by atoms with van der Waals surface area (Å²) in [5.74, 6) is -0.822. The summed E-state index contributed by atoms with van der Waals surface area (Å²) in [6, 6.07) is 1.92. The van der Waals surface area contributed by atoms with Crippen LogP contribution in [0.4, 0.5) is 0 Å². The molecule has 4 nitrogen and oxygen atoms in total. The average molecular weight is 280 g/mol. The number of hydrogen-bond donors (Lipinski definition) is 0. The van der Waals surface area contributed by atoms with E-state index in [9.17, 15) is 9.59 Å². The Kier molecular flexibility index (Phi) is 3.31. The molecule has 1 aliphatic carbocycles. The minimum absolute atomic E-state index is 0.165. The van der Waals surface area contributed by atoms with Crippen molar-refractivity contribution in [3.63, 3.8) is 0 Å². The third-order valence-electron chi connectivity index (χ3n) is 3.57. The summed E-state index contributed by atoms with van der Waals surface area (Å²) in [5, 5.41) is 0. The van der Waals surface area contributed by atoms with Crippen LogP contribution in [0.25, 0.3) is 0 Å². The van der Waals surface area contributed by atoms with Crippen LogP contribution in [0, 0.1) is 0 Å². The normalized spacial score (nSPS) is 25.8. The molecular formula is C14H16O4S. The molecule has 2 heterocycles. The lowest BCUT2D eigenvalue weighted by molar-refractivity contribution is -0.147. The fourth-order valence-electron chi connectivity index (χ4n) is 2.59. The quantitative estimate of drug-likeness (QED) is 0.781. The number of aryl methyl sites for hydroxylation is 2. The number of hydrogen-bond acceptors (Lipinski definition) is 5. The second kappa shape index (κ2) is 4.96. The third kappa shape index (κ3) is 2.52. The van der Waals surface area contributed by atoms with Crippen molar-refractivity contribution in [3.05, 3.63) is 21.4 Å². The summed E-state index contributed by atoms with van der Waals surface area (Å²) in [5.41, 5.74) is 1.27. The molecule has 0 aromatic carbocycles. The minimum Gasteiger partial charge on any atom is -0.460 e. The Morgan fingerprint density at radius 2 is 2.21 bits per heavy atom. The molecule has 19 heavy (non-hydrogen) atoms. The van der Waals surface area contributed by atoms with Crippen molar-refractivity contribution in [2.45, 2.75) is 51.2 Å². The van der Waals surface area contributed by atoms with E-state index >= 15 is 0 Å². The zero-order valence-corrected chi connectivity index (χ0v) is 11.6. The van der Waals surface area contributed by atoms with E-state index in [0.717, 1.165) is 12.8 Å². The molecule has 1 aliphatic heterocycles. The Morgan fingerprint density at radius 1 is 1.42 bits per heavy atom. The van der Waals surface area contributed by atoms with Gasteiger partial charge in [0.15, 0.2) is 0 Å². The Morgan fingerprint density at radius 3 is 2.89 bits per heavy atom. The van der Waals surface area contributed by atoms with Crippen molar-refractivity contribution >= 4 is 23.3 Å². The molecule has 0 spiro atoms. The molecule has 0 bridgehead atoms. The summed E-state index contributed by atoms with van der Waals surface area (Å²) < 4.78 is 10.2. The van der Waals surface area contributed by atoms with E-state index < -0.39 is 18.0 Å². The fraction of sp³-hybridized carbons (Fsp3) is 0.571. The first-order chi connectivity index (χ1) is 9.13. The highest BCUT2D eigenvalue weighted by Gasteiger charge is 2.35. The maximum absolute atomic E-state index is 12.1. The Balaban J connectivity index is 1.70. The molecule has 102 valence electrons. The van der Waals surface area contributed by atoms with Gasteiger partial charge in [0.2, 0.25) is 6.10 Å². The van der Waals surface area contributed by atoms with Crippen molar-refractivity contribution in [1.82, 2.24) is 0 Å². The highest BCUT2D eigenvalue weighted by molar-refractivity contribution is 7.14. The Bertz CT molecular complexity index is 496. The molecule has 2 aliphatic rings. The van der Waals surface area contributed by atoms with Crippen LogP contribution in [0.2, 0.25) is 0 Å². The van der Waals surface area contributed by atoms with Gasteiger partial charge in [-0.15, -0.1) is 11.3 Å². The van der Waals surface area contributed by atoms with Gasteiger partial charge in [0.05, 0.1) is 0 Å². The van der Waals surface area contributed by atoms with Crippen molar-refractivity contribution in [2.24, 2.45) is 0 Å². The topological polar surface area (TPSA) is 52.6 Å². The first kappa shape index (κ1) is 12.7. The molecule has 0 radical (unpaired) electrons. The lowest BCUT2D eigenvalue weighted by Crippen LogP contribution is -2.22. The average Bonchev–Trinajstić information content (AvgIpc) is 2.93. The molecule has 3 rings (SSSR count). The smallest absolute Gasteiger partial charge is 0.349 e. The summed E-state index contributed by atoms with van der Waals surface area (Å²) in [6.45, 7) is 1.80. The van der Waals surface area contributed by atoms with Gasteiger partial charge in [-0.2, -0.15) is 0 Å². The van der Waals surface area contributed by atoms with E-state index in [-0.39, 0.29) is 6.10 Å². The third-order valence-corrected chi connectivity index (χ3v) is 4.79. The summed E-state index contributed by atoms with van der Waals surface area (Å²) in [6.07, 6.45) is 4.02. The predicted molar refractivity (Wildman–Crippen MR) is 70.3 cm³/mol. The minimum atomic E-state index is -0.735. The second-order valence-electron chi connectivity index (χ2n) is 5.14. The number of cyclic esters (lactones) is 1. The molecule has 0 N–H and O–H groups in total. The maximum Gasteiger partial charge on any atom is 0.349 e. The highest BCUT2D eigenvalue weighted by atomic mass is 32.1. The molecule has 2 atom stereocenters. The van der Waals surface area contributed by atoms with Gasteiger partial charge in [0, 0.05) is 11.3 Å². The second-order valence-corrected chi connectivity index (χ2v) is 6.28. The van der Waals surface area contributed by atoms with Crippen LogP contribution < -0.4 is 0 Å². The summed E-state index contributed by atoms with van der Waals surface area (Å²) >= 11 is 1.50. The molecule has 1 fully saturated rings. The zero-order chi connectivity index (χ0) is 13.4. The molecule has 2 unspecified atom stereocenters. The van der Waals surface area contributed by atoms with Gasteiger partial charge in [-0.05, 0) is 44.2 Å². The number of carbonyl (C=O) groups excluding carboxylic acids is 2. The Hall–Kier alpha value is -1.36. The number of ether oxygens (including phenoxy) is 2. The first-order valence-corrected chi connectivity index (χ1v) is 7.48. The van der Waals surface area contributed by atoms with Crippen LogP contribution in [0.5, 0.6) is 0 Å². The number of thiophene rings is 1. The van der Waals surface area contributed by atoms with Gasteiger partial charge >= 0.3 is 11.9 Å². The molecular weight excluding hydrogens is 264 g/mol. The van der Waals surface area contributed by atoms with Crippen LogP contribution >= 0.6 is 11.3 Å². The highest BCUT2D eigenvalue weighted by Crippen LogP contribution is 2.30. The number of esters is 2. The van der Waals surface area contributed by atoms with E-state index in [1.807, 2.05) is 6.07 Å². The van der Waals surface area contributed by atoms with Gasteiger partial charge in [0.1, 0.15) is 11.0 Å². The van der Waals surface area contributed by atoms with E-state index in [2.05, 4.69) is 0 Å². The summed E-state index contributed by atoms with van der Waals surface area (Å²) in [4.78, 5) is 25.4. The van der Waals surface area contributed by atoms with Gasteiger partial charge in [-0.1, -0.05) is 0 Å². The Labute approximate surface area is 115 Å². The lowest BCUT2D eigenvalue weighted by Gasteiger charge is -2.08. The van der Waals surface area contributed by atoms with Crippen molar-refractivity contribution in [3.8, 4) is 0 Å². The number of fused-ring (bicyclic) bond motifs is 1. The van der Waals surface area contributed by atoms with Gasteiger partial charge in [-0.25, -0.2) is 9.59 Å². The number of rotatable bonds is 2. The SMILES string of the molecule is CC1CC(OC(=O)c2cc3c(s2)CCCC3)C(=O)O1. The standard InChI is InChI=1S/C14H16O4S/c1-8-6-10(13(15)17-8)18-14(16)12-7-9-4-2-3-5-11(9)19-12/h7-8,10H,2-6H2,1H3. The molecule has 0 amide bonds. The zero-order valence-electron chi connectivity index (χ0n) is 10.8. The van der Waals surface area contributed by atoms with Gasteiger partial charge in [-0.3, -0.25) is 0 Å². The van der Waals surface area contributed by atoms with Gasteiger partial charge < -0.3 is 9.47 Å². The van der Waals surface area contributed by atoms with Crippen molar-refractivity contribution < 1.29 is 19.1 Å². The van der Waals surface area contributed by atoms with Crippen molar-refractivity contribution in [2.75, 3.05) is 0 Å². The van der Waals surface area contributed by atoms with Crippen LogP contribution in [0.15, 0.2) is 6.07 Å². The van der Waals surface area contributed by atoms with Crippen molar-refractivity contribution in [1.29, 1.82) is 0 Å². The predicted octanol–water partition coefficient (Wildman–Crippen LogP) is 2.49. The van der Waals surface area contributed by atoms with Crippen LogP contribution in [-0.4, -0.2) is 24.1 Å². The van der Waals surface area contributed by atoms with E-state index in [1.165, 1.54) is 34.6 Å². The van der Waals surface area contributed by atoms with E-state index in [1.54, 1.807) is 6.92 Å². The largest absolute Gasteiger partial charge is 0.460 e. The maximum atomic E-state index is 12.1. The molecule has 0 saturated carbocycles. The molecule has 5 heteroatoms. The number of carbonyl (C=O) groups is 2.